The second-order valence-electron chi connectivity index (χ2n) is 7.63. The van der Waals surface area contributed by atoms with Crippen LogP contribution in [-0.4, -0.2) is 30.1 Å². The van der Waals surface area contributed by atoms with Gasteiger partial charge in [-0.25, -0.2) is 4.79 Å². The lowest BCUT2D eigenvalue weighted by Crippen LogP contribution is -2.39. The molecule has 2 aromatic carbocycles. The molecule has 164 valence electrons. The molecule has 0 saturated heterocycles. The summed E-state index contributed by atoms with van der Waals surface area (Å²) in [6.45, 7) is 5.17. The van der Waals surface area contributed by atoms with Gasteiger partial charge in [-0.1, -0.05) is 48.0 Å². The maximum atomic E-state index is 12.3. The Bertz CT molecular complexity index is 967. The molecule has 7 nitrogen and oxygen atoms in total. The van der Waals surface area contributed by atoms with E-state index in [9.17, 15) is 14.4 Å². The highest BCUT2D eigenvalue weighted by molar-refractivity contribution is 6.32. The Labute approximate surface area is 186 Å². The molecule has 0 spiro atoms. The van der Waals surface area contributed by atoms with Crippen molar-refractivity contribution in [3.8, 4) is 0 Å². The second kappa shape index (κ2) is 11.2. The Balaban J connectivity index is 1.89. The number of nitrogens with one attached hydrogen (secondary N) is 3. The van der Waals surface area contributed by atoms with Crippen LogP contribution in [0.25, 0.3) is 6.08 Å². The predicted octanol–water partition coefficient (Wildman–Crippen LogP) is 4.13. The molecule has 3 amide bonds. The van der Waals surface area contributed by atoms with Crippen molar-refractivity contribution in [2.24, 2.45) is 0 Å². The van der Waals surface area contributed by atoms with E-state index < -0.39 is 11.7 Å². The third-order valence-corrected chi connectivity index (χ3v) is 4.21. The van der Waals surface area contributed by atoms with Gasteiger partial charge in [-0.2, -0.15) is 0 Å². The number of carbonyl (C=O) groups excluding carboxylic acids is 3. The smallest absolute Gasteiger partial charge is 0.408 e. The molecule has 0 heterocycles. The molecule has 0 fully saturated rings. The topological polar surface area (TPSA) is 96.5 Å². The Morgan fingerprint density at radius 3 is 2.39 bits per heavy atom. The molecule has 2 rings (SSSR count). The number of carbonyl (C=O) groups is 3. The van der Waals surface area contributed by atoms with Crippen molar-refractivity contribution >= 4 is 41.3 Å². The van der Waals surface area contributed by atoms with Crippen LogP contribution in [0, 0.1) is 0 Å². The monoisotopic (exact) mass is 443 g/mol. The number of rotatable bonds is 7. The fourth-order valence-electron chi connectivity index (χ4n) is 2.47. The van der Waals surface area contributed by atoms with Gasteiger partial charge < -0.3 is 20.7 Å². The number of alkyl carbamates (subject to hydrolysis) is 1. The molecule has 0 aromatic heterocycles. The molecule has 0 aliphatic carbocycles. The maximum Gasteiger partial charge on any atom is 0.408 e. The third-order valence-electron chi connectivity index (χ3n) is 3.86. The first-order valence-electron chi connectivity index (χ1n) is 9.69. The molecule has 2 aromatic rings. The van der Waals surface area contributed by atoms with Crippen LogP contribution in [0.1, 0.15) is 31.9 Å². The van der Waals surface area contributed by atoms with Crippen molar-refractivity contribution < 1.29 is 19.1 Å². The van der Waals surface area contributed by atoms with Crippen LogP contribution in [0.2, 0.25) is 5.02 Å². The minimum absolute atomic E-state index is 0.180. The highest BCUT2D eigenvalue weighted by Crippen LogP contribution is 2.17. The van der Waals surface area contributed by atoms with Crippen LogP contribution in [0.3, 0.4) is 0 Å². The standard InChI is InChI=1S/C23H26ClN3O4/c1-23(2,3)31-22(30)26-15-21(29)25-14-17-9-5-7-11-19(17)27-20(28)13-12-16-8-4-6-10-18(16)24/h4-13H,14-15H2,1-3H3,(H,25,29)(H,26,30)(H,27,28)/b13-12+. The quantitative estimate of drug-likeness (QED) is 0.560. The van der Waals surface area contributed by atoms with Crippen LogP contribution in [0.5, 0.6) is 0 Å². The Morgan fingerprint density at radius 1 is 1.00 bits per heavy atom. The Hall–Kier alpha value is -3.32. The Kier molecular flexibility index (Phi) is 8.63. The van der Waals surface area contributed by atoms with Crippen LogP contribution < -0.4 is 16.0 Å². The first-order chi connectivity index (χ1) is 14.6. The number of anilines is 1. The summed E-state index contributed by atoms with van der Waals surface area (Å²) in [6.07, 6.45) is 2.35. The summed E-state index contributed by atoms with van der Waals surface area (Å²) in [5.41, 5.74) is 1.37. The molecule has 0 radical (unpaired) electrons. The van der Waals surface area contributed by atoms with E-state index in [0.717, 1.165) is 5.56 Å². The molecule has 0 atom stereocenters. The number of amides is 3. The van der Waals surface area contributed by atoms with Crippen molar-refractivity contribution in [1.29, 1.82) is 0 Å². The van der Waals surface area contributed by atoms with E-state index in [4.69, 9.17) is 16.3 Å². The summed E-state index contributed by atoms with van der Waals surface area (Å²) in [7, 11) is 0. The van der Waals surface area contributed by atoms with E-state index in [1.165, 1.54) is 6.08 Å². The van der Waals surface area contributed by atoms with E-state index in [1.54, 1.807) is 63.2 Å². The highest BCUT2D eigenvalue weighted by Gasteiger charge is 2.16. The zero-order chi connectivity index (χ0) is 22.9. The molecule has 8 heteroatoms. The fraction of sp³-hybridized carbons (Fsp3) is 0.261. The minimum atomic E-state index is -0.666. The van der Waals surface area contributed by atoms with Crippen LogP contribution >= 0.6 is 11.6 Å². The predicted molar refractivity (Wildman–Crippen MR) is 122 cm³/mol. The van der Waals surface area contributed by atoms with Crippen LogP contribution in [-0.2, 0) is 20.9 Å². The molecular weight excluding hydrogens is 418 g/mol. The van der Waals surface area contributed by atoms with Crippen molar-refractivity contribution in [3.63, 3.8) is 0 Å². The zero-order valence-electron chi connectivity index (χ0n) is 17.7. The Morgan fingerprint density at radius 2 is 1.68 bits per heavy atom. The van der Waals surface area contributed by atoms with Crippen molar-refractivity contribution in [1.82, 2.24) is 10.6 Å². The second-order valence-corrected chi connectivity index (χ2v) is 8.04. The van der Waals surface area contributed by atoms with E-state index in [-0.39, 0.29) is 24.9 Å². The lowest BCUT2D eigenvalue weighted by molar-refractivity contribution is -0.120. The molecule has 0 bridgehead atoms. The summed E-state index contributed by atoms with van der Waals surface area (Å²) in [6, 6.07) is 14.3. The van der Waals surface area contributed by atoms with Gasteiger partial charge in [0.05, 0.1) is 0 Å². The third kappa shape index (κ3) is 8.92. The molecular formula is C23H26ClN3O4. The van der Waals surface area contributed by atoms with E-state index in [0.29, 0.717) is 16.3 Å². The normalized spacial score (nSPS) is 11.1. The summed E-state index contributed by atoms with van der Waals surface area (Å²) in [5, 5.41) is 8.44. The lowest BCUT2D eigenvalue weighted by atomic mass is 10.1. The van der Waals surface area contributed by atoms with Crippen molar-refractivity contribution in [3.05, 3.63) is 70.8 Å². The van der Waals surface area contributed by atoms with Gasteiger partial charge in [0.25, 0.3) is 0 Å². The minimum Gasteiger partial charge on any atom is -0.444 e. The highest BCUT2D eigenvalue weighted by atomic mass is 35.5. The number of halogens is 1. The first kappa shape index (κ1) is 24.0. The van der Waals surface area contributed by atoms with Crippen molar-refractivity contribution in [2.75, 3.05) is 11.9 Å². The summed E-state index contributed by atoms with van der Waals surface area (Å²) >= 11 is 6.08. The SMILES string of the molecule is CC(C)(C)OC(=O)NCC(=O)NCc1ccccc1NC(=O)/C=C/c1ccccc1Cl. The van der Waals surface area contributed by atoms with Gasteiger partial charge in [-0.05, 0) is 50.1 Å². The molecule has 0 aliphatic rings. The van der Waals surface area contributed by atoms with Crippen LogP contribution in [0.15, 0.2) is 54.6 Å². The van der Waals surface area contributed by atoms with Gasteiger partial charge >= 0.3 is 6.09 Å². The average molecular weight is 444 g/mol. The van der Waals surface area contributed by atoms with E-state index in [2.05, 4.69) is 16.0 Å². The summed E-state index contributed by atoms with van der Waals surface area (Å²) in [5.74, 6) is -0.712. The number of hydrogen-bond acceptors (Lipinski definition) is 4. The largest absolute Gasteiger partial charge is 0.444 e. The van der Waals surface area contributed by atoms with E-state index in [1.807, 2.05) is 12.1 Å². The van der Waals surface area contributed by atoms with Gasteiger partial charge in [0.15, 0.2) is 0 Å². The van der Waals surface area contributed by atoms with Gasteiger partial charge in [0.2, 0.25) is 11.8 Å². The molecule has 3 N–H and O–H groups in total. The van der Waals surface area contributed by atoms with E-state index >= 15 is 0 Å². The fourth-order valence-corrected chi connectivity index (χ4v) is 2.67. The van der Waals surface area contributed by atoms with Crippen LogP contribution in [0.4, 0.5) is 10.5 Å². The molecule has 0 unspecified atom stereocenters. The number of benzene rings is 2. The van der Waals surface area contributed by atoms with Gasteiger partial charge in [-0.3, -0.25) is 9.59 Å². The first-order valence-corrected chi connectivity index (χ1v) is 10.1. The molecule has 0 aliphatic heterocycles. The number of para-hydroxylation sites is 1. The lowest BCUT2D eigenvalue weighted by Gasteiger charge is -2.19. The maximum absolute atomic E-state index is 12.3. The molecule has 0 saturated carbocycles. The van der Waals surface area contributed by atoms with Gasteiger partial charge in [0, 0.05) is 23.3 Å². The number of ether oxygens (including phenoxy) is 1. The summed E-state index contributed by atoms with van der Waals surface area (Å²) < 4.78 is 5.08. The van der Waals surface area contributed by atoms with Crippen molar-refractivity contribution in [2.45, 2.75) is 32.9 Å². The van der Waals surface area contributed by atoms with Gasteiger partial charge in [-0.15, -0.1) is 0 Å². The summed E-state index contributed by atoms with van der Waals surface area (Å²) in [4.78, 5) is 35.9. The zero-order valence-corrected chi connectivity index (χ0v) is 18.5. The number of hydrogen-bond donors (Lipinski definition) is 3. The average Bonchev–Trinajstić information content (AvgIpc) is 2.70. The van der Waals surface area contributed by atoms with Gasteiger partial charge in [0.1, 0.15) is 12.1 Å². The molecule has 31 heavy (non-hydrogen) atoms.